The van der Waals surface area contributed by atoms with Gasteiger partial charge in [-0.2, -0.15) is 0 Å². The largest absolute Gasteiger partial charge is 0.486 e. The zero-order valence-corrected chi connectivity index (χ0v) is 13.3. The molecular formula is C18H23NO3. The molecule has 1 unspecified atom stereocenters. The summed E-state index contributed by atoms with van der Waals surface area (Å²) in [5, 5.41) is 0. The maximum Gasteiger partial charge on any atom is 0.222 e. The van der Waals surface area contributed by atoms with Crippen LogP contribution in [0.15, 0.2) is 24.3 Å². The summed E-state index contributed by atoms with van der Waals surface area (Å²) in [5.74, 6) is 0.648. The maximum absolute atomic E-state index is 12.8. The van der Waals surface area contributed by atoms with Gasteiger partial charge in [0.25, 0.3) is 0 Å². The van der Waals surface area contributed by atoms with Gasteiger partial charge >= 0.3 is 0 Å². The van der Waals surface area contributed by atoms with Crippen LogP contribution in [0.4, 0.5) is 0 Å². The molecule has 0 aromatic heterocycles. The average molecular weight is 301 g/mol. The third kappa shape index (κ3) is 2.74. The van der Waals surface area contributed by atoms with Crippen molar-refractivity contribution in [3.8, 4) is 5.75 Å². The number of benzene rings is 1. The molecule has 1 aromatic rings. The Balaban J connectivity index is 1.72. The second-order valence-electron chi connectivity index (χ2n) is 6.75. The molecule has 1 aromatic carbocycles. The topological polar surface area (TPSA) is 46.6 Å². The monoisotopic (exact) mass is 301 g/mol. The molecule has 2 aliphatic rings. The first kappa shape index (κ1) is 15.1. The van der Waals surface area contributed by atoms with Crippen molar-refractivity contribution in [1.82, 2.24) is 4.90 Å². The minimum atomic E-state index is -0.573. The van der Waals surface area contributed by atoms with Crippen molar-refractivity contribution in [2.75, 3.05) is 13.1 Å². The minimum absolute atomic E-state index is 0.0982. The number of fused-ring (bicyclic) bond motifs is 1. The lowest BCUT2D eigenvalue weighted by Gasteiger charge is -2.39. The molecular weight excluding hydrogens is 278 g/mol. The molecule has 1 atom stereocenters. The highest BCUT2D eigenvalue weighted by Crippen LogP contribution is 2.38. The van der Waals surface area contributed by atoms with Crippen molar-refractivity contribution >= 4 is 11.7 Å². The minimum Gasteiger partial charge on any atom is -0.486 e. The Bertz CT molecular complexity index is 588. The van der Waals surface area contributed by atoms with Gasteiger partial charge in [-0.05, 0) is 45.2 Å². The first-order valence-corrected chi connectivity index (χ1v) is 8.09. The van der Waals surface area contributed by atoms with Crippen molar-refractivity contribution in [2.45, 2.75) is 45.1 Å². The lowest BCUT2D eigenvalue weighted by Crippen LogP contribution is -2.46. The van der Waals surface area contributed by atoms with Crippen LogP contribution < -0.4 is 4.74 Å². The number of Topliss-reactive ketones (excluding diaryl/α,β-unsaturated/α-hetero) is 1. The van der Waals surface area contributed by atoms with Crippen LogP contribution in [0.1, 0.15) is 49.9 Å². The van der Waals surface area contributed by atoms with E-state index < -0.39 is 5.60 Å². The lowest BCUT2D eigenvalue weighted by atomic mass is 9.78. The van der Waals surface area contributed by atoms with Crippen molar-refractivity contribution < 1.29 is 14.3 Å². The van der Waals surface area contributed by atoms with Crippen molar-refractivity contribution in [3.05, 3.63) is 29.8 Å². The number of carbonyl (C=O) groups excluding carboxylic acids is 2. The van der Waals surface area contributed by atoms with Crippen LogP contribution in [0.25, 0.3) is 0 Å². The van der Waals surface area contributed by atoms with Crippen LogP contribution in [-0.4, -0.2) is 35.3 Å². The molecule has 0 bridgehead atoms. The van der Waals surface area contributed by atoms with E-state index in [4.69, 9.17) is 4.74 Å². The maximum atomic E-state index is 12.8. The summed E-state index contributed by atoms with van der Waals surface area (Å²) in [7, 11) is 0. The predicted octanol–water partition coefficient (Wildman–Crippen LogP) is 3.06. The number of nitrogens with zero attached hydrogens (tertiary/aromatic N) is 1. The molecule has 1 saturated heterocycles. The van der Waals surface area contributed by atoms with Gasteiger partial charge in [-0.1, -0.05) is 12.1 Å². The highest BCUT2D eigenvalue weighted by molar-refractivity contribution is 6.02. The van der Waals surface area contributed by atoms with Gasteiger partial charge in [0.2, 0.25) is 5.91 Å². The molecule has 0 N–H and O–H groups in total. The van der Waals surface area contributed by atoms with E-state index in [1.54, 1.807) is 0 Å². The fourth-order valence-electron chi connectivity index (χ4n) is 3.49. The van der Waals surface area contributed by atoms with Crippen molar-refractivity contribution in [1.29, 1.82) is 0 Å². The number of para-hydroxylation sites is 1. The molecule has 4 nitrogen and oxygen atoms in total. The molecule has 22 heavy (non-hydrogen) atoms. The Morgan fingerprint density at radius 3 is 2.68 bits per heavy atom. The SMILES string of the molecule is CC1(C)Oc2ccccc2C(=O)C1CCC(=O)N1CCCC1. The summed E-state index contributed by atoms with van der Waals surface area (Å²) >= 11 is 0. The van der Waals surface area contributed by atoms with Crippen molar-refractivity contribution in [3.63, 3.8) is 0 Å². The fourth-order valence-corrected chi connectivity index (χ4v) is 3.49. The highest BCUT2D eigenvalue weighted by Gasteiger charge is 2.42. The molecule has 0 spiro atoms. The first-order chi connectivity index (χ1) is 10.5. The number of hydrogen-bond acceptors (Lipinski definition) is 3. The molecule has 4 heteroatoms. The molecule has 1 amide bonds. The fraction of sp³-hybridized carbons (Fsp3) is 0.556. The number of ether oxygens (including phenoxy) is 1. The zero-order valence-electron chi connectivity index (χ0n) is 13.3. The zero-order chi connectivity index (χ0) is 15.7. The number of amides is 1. The standard InChI is InChI=1S/C18H23NO3/c1-18(2)14(9-10-16(20)19-11-5-6-12-19)17(21)13-7-3-4-8-15(13)22-18/h3-4,7-8,14H,5-6,9-12H2,1-2H3. The number of likely N-dealkylation sites (tertiary alicyclic amines) is 1. The van der Waals surface area contributed by atoms with E-state index in [0.717, 1.165) is 25.9 Å². The molecule has 0 saturated carbocycles. The van der Waals surface area contributed by atoms with E-state index in [-0.39, 0.29) is 17.6 Å². The Morgan fingerprint density at radius 2 is 1.95 bits per heavy atom. The highest BCUT2D eigenvalue weighted by atomic mass is 16.5. The van der Waals surface area contributed by atoms with Crippen LogP contribution in [0.5, 0.6) is 5.75 Å². The van der Waals surface area contributed by atoms with E-state index in [9.17, 15) is 9.59 Å². The quantitative estimate of drug-likeness (QED) is 0.862. The summed E-state index contributed by atoms with van der Waals surface area (Å²) in [6.07, 6.45) is 3.16. The molecule has 0 aliphatic carbocycles. The predicted molar refractivity (Wildman–Crippen MR) is 84.0 cm³/mol. The summed E-state index contributed by atoms with van der Waals surface area (Å²) in [5.41, 5.74) is 0.0666. The normalized spacial score (nSPS) is 23.1. The second-order valence-corrected chi connectivity index (χ2v) is 6.75. The number of carbonyl (C=O) groups is 2. The molecule has 2 heterocycles. The van der Waals surface area contributed by atoms with Gasteiger partial charge in [0.05, 0.1) is 11.5 Å². The smallest absolute Gasteiger partial charge is 0.222 e. The number of hydrogen-bond donors (Lipinski definition) is 0. The van der Waals surface area contributed by atoms with Crippen LogP contribution >= 0.6 is 0 Å². The Hall–Kier alpha value is -1.84. The lowest BCUT2D eigenvalue weighted by molar-refractivity contribution is -0.130. The molecule has 3 rings (SSSR count). The van der Waals surface area contributed by atoms with E-state index >= 15 is 0 Å². The van der Waals surface area contributed by atoms with Gasteiger partial charge in [0.1, 0.15) is 11.4 Å². The third-order valence-electron chi connectivity index (χ3n) is 4.79. The number of rotatable bonds is 3. The van der Waals surface area contributed by atoms with Gasteiger partial charge in [0.15, 0.2) is 5.78 Å². The van der Waals surface area contributed by atoms with E-state index in [0.29, 0.717) is 24.2 Å². The Kier molecular flexibility index (Phi) is 3.94. The van der Waals surface area contributed by atoms with Gasteiger partial charge in [-0.25, -0.2) is 0 Å². The Labute approximate surface area is 131 Å². The van der Waals surface area contributed by atoms with Crippen molar-refractivity contribution in [2.24, 2.45) is 5.92 Å². The van der Waals surface area contributed by atoms with Gasteiger partial charge in [-0.15, -0.1) is 0 Å². The summed E-state index contributed by atoms with van der Waals surface area (Å²) in [4.78, 5) is 26.9. The molecule has 0 radical (unpaired) electrons. The van der Waals surface area contributed by atoms with Gasteiger partial charge in [-0.3, -0.25) is 9.59 Å². The molecule has 118 valence electrons. The van der Waals surface area contributed by atoms with Gasteiger partial charge in [0, 0.05) is 19.5 Å². The van der Waals surface area contributed by atoms with Crippen LogP contribution in [0.3, 0.4) is 0 Å². The van der Waals surface area contributed by atoms with Crippen LogP contribution in [0, 0.1) is 5.92 Å². The van der Waals surface area contributed by atoms with E-state index in [2.05, 4.69) is 0 Å². The van der Waals surface area contributed by atoms with Crippen LogP contribution in [0.2, 0.25) is 0 Å². The van der Waals surface area contributed by atoms with E-state index in [1.165, 1.54) is 0 Å². The summed E-state index contributed by atoms with van der Waals surface area (Å²) in [6.45, 7) is 5.60. The second kappa shape index (κ2) is 5.75. The molecule has 1 fully saturated rings. The summed E-state index contributed by atoms with van der Waals surface area (Å²) < 4.78 is 6.01. The third-order valence-corrected chi connectivity index (χ3v) is 4.79. The summed E-state index contributed by atoms with van der Waals surface area (Å²) in [6, 6.07) is 7.37. The van der Waals surface area contributed by atoms with Crippen LogP contribution in [-0.2, 0) is 4.79 Å². The van der Waals surface area contributed by atoms with Gasteiger partial charge < -0.3 is 9.64 Å². The average Bonchev–Trinajstić information content (AvgIpc) is 3.00. The molecule has 2 aliphatic heterocycles. The van der Waals surface area contributed by atoms with E-state index in [1.807, 2.05) is 43.0 Å². The first-order valence-electron chi connectivity index (χ1n) is 8.09. The number of ketones is 1. The Morgan fingerprint density at radius 1 is 1.27 bits per heavy atom.